The third-order valence-corrected chi connectivity index (χ3v) is 6.36. The number of nitrogens with one attached hydrogen (secondary N) is 1. The van der Waals surface area contributed by atoms with E-state index in [0.717, 1.165) is 6.42 Å². The molecule has 0 saturated heterocycles. The van der Waals surface area contributed by atoms with Gasteiger partial charge >= 0.3 is 0 Å². The molecular formula is C20H23N3O4S2. The summed E-state index contributed by atoms with van der Waals surface area (Å²) in [6, 6.07) is 7.00. The van der Waals surface area contributed by atoms with E-state index in [4.69, 9.17) is 9.47 Å². The van der Waals surface area contributed by atoms with Crippen LogP contribution in [0.2, 0.25) is 0 Å². The summed E-state index contributed by atoms with van der Waals surface area (Å²) in [5.74, 6) is 1.06. The van der Waals surface area contributed by atoms with Crippen molar-refractivity contribution < 1.29 is 14.3 Å². The Balaban J connectivity index is 1.78. The Morgan fingerprint density at radius 1 is 1.28 bits per heavy atom. The number of amides is 1. The normalized spacial score (nSPS) is 12.0. The van der Waals surface area contributed by atoms with Gasteiger partial charge in [-0.15, -0.1) is 11.3 Å². The maximum absolute atomic E-state index is 12.9. The number of anilines is 1. The number of thiophene rings is 1. The standard InChI is InChI=1S/C20H23N3O4S2/c1-5-12(2)23-19(25)18-14(8-9-28-18)22-20(23)29-11-17(24)21-13-6-7-15(26-3)16(10-13)27-4/h6-10,12H,5,11H2,1-4H3,(H,21,24)/t12-/m0/s1. The number of carbonyl (C=O) groups is 1. The lowest BCUT2D eigenvalue weighted by atomic mass is 10.2. The van der Waals surface area contributed by atoms with Crippen molar-refractivity contribution in [2.75, 3.05) is 25.3 Å². The average Bonchev–Trinajstić information content (AvgIpc) is 3.20. The molecule has 1 amide bonds. The second kappa shape index (κ2) is 9.32. The Hall–Kier alpha value is -2.52. The summed E-state index contributed by atoms with van der Waals surface area (Å²) in [4.78, 5) is 30.0. The van der Waals surface area contributed by atoms with E-state index >= 15 is 0 Å². The largest absolute Gasteiger partial charge is 0.493 e. The minimum absolute atomic E-state index is 0.00193. The number of methoxy groups -OCH3 is 2. The van der Waals surface area contributed by atoms with E-state index < -0.39 is 0 Å². The third kappa shape index (κ3) is 4.56. The number of hydrogen-bond acceptors (Lipinski definition) is 7. The zero-order valence-electron chi connectivity index (χ0n) is 16.7. The Morgan fingerprint density at radius 3 is 2.72 bits per heavy atom. The second-order valence-corrected chi connectivity index (χ2v) is 8.23. The fourth-order valence-corrected chi connectivity index (χ4v) is 4.48. The maximum atomic E-state index is 12.9. The molecule has 0 saturated carbocycles. The van der Waals surface area contributed by atoms with Crippen LogP contribution in [0.15, 0.2) is 39.6 Å². The molecule has 7 nitrogen and oxygen atoms in total. The number of nitrogens with zero attached hydrogens (tertiary/aromatic N) is 2. The Kier molecular flexibility index (Phi) is 6.81. The molecule has 29 heavy (non-hydrogen) atoms. The molecule has 1 N–H and O–H groups in total. The van der Waals surface area contributed by atoms with Gasteiger partial charge in [0.05, 0.1) is 25.5 Å². The van der Waals surface area contributed by atoms with Gasteiger partial charge in [0.25, 0.3) is 5.56 Å². The van der Waals surface area contributed by atoms with E-state index in [2.05, 4.69) is 10.3 Å². The Labute approximate surface area is 177 Å². The average molecular weight is 434 g/mol. The first kappa shape index (κ1) is 21.2. The smallest absolute Gasteiger partial charge is 0.272 e. The van der Waals surface area contributed by atoms with Gasteiger partial charge in [0.2, 0.25) is 5.91 Å². The highest BCUT2D eigenvalue weighted by atomic mass is 32.2. The van der Waals surface area contributed by atoms with Crippen LogP contribution >= 0.6 is 23.1 Å². The van der Waals surface area contributed by atoms with Crippen molar-refractivity contribution in [1.82, 2.24) is 9.55 Å². The van der Waals surface area contributed by atoms with Crippen molar-refractivity contribution in [2.45, 2.75) is 31.5 Å². The maximum Gasteiger partial charge on any atom is 0.272 e. The second-order valence-electron chi connectivity index (χ2n) is 6.37. The van der Waals surface area contributed by atoms with Crippen LogP contribution in [-0.4, -0.2) is 35.4 Å². The van der Waals surface area contributed by atoms with E-state index in [-0.39, 0.29) is 23.3 Å². The summed E-state index contributed by atoms with van der Waals surface area (Å²) in [5.41, 5.74) is 1.22. The molecule has 0 aliphatic heterocycles. The van der Waals surface area contributed by atoms with Gasteiger partial charge in [0.1, 0.15) is 4.70 Å². The van der Waals surface area contributed by atoms with E-state index in [1.807, 2.05) is 25.3 Å². The van der Waals surface area contributed by atoms with Crippen LogP contribution in [0.3, 0.4) is 0 Å². The number of aromatic nitrogens is 2. The molecule has 154 valence electrons. The highest BCUT2D eigenvalue weighted by Gasteiger charge is 2.17. The number of fused-ring (bicyclic) bond motifs is 1. The predicted molar refractivity (Wildman–Crippen MR) is 118 cm³/mol. The number of benzene rings is 1. The van der Waals surface area contributed by atoms with E-state index in [9.17, 15) is 9.59 Å². The third-order valence-electron chi connectivity index (χ3n) is 4.51. The quantitative estimate of drug-likeness (QED) is 0.424. The summed E-state index contributed by atoms with van der Waals surface area (Å²) in [7, 11) is 3.10. The number of ether oxygens (including phenoxy) is 2. The monoisotopic (exact) mass is 433 g/mol. The minimum atomic E-state index is -0.197. The van der Waals surface area contributed by atoms with Crippen LogP contribution in [0, 0.1) is 0 Å². The lowest BCUT2D eigenvalue weighted by molar-refractivity contribution is -0.113. The summed E-state index contributed by atoms with van der Waals surface area (Å²) in [5, 5.41) is 5.25. The molecule has 1 aromatic carbocycles. The van der Waals surface area contributed by atoms with Gasteiger partial charge < -0.3 is 14.8 Å². The predicted octanol–water partition coefficient (Wildman–Crippen LogP) is 4.18. The number of carbonyl (C=O) groups excluding carboxylic acids is 1. The zero-order valence-corrected chi connectivity index (χ0v) is 18.4. The van der Waals surface area contributed by atoms with Crippen LogP contribution in [-0.2, 0) is 4.79 Å². The topological polar surface area (TPSA) is 82.5 Å². The molecule has 0 spiro atoms. The van der Waals surface area contributed by atoms with Crippen molar-refractivity contribution in [3.8, 4) is 11.5 Å². The molecule has 0 aliphatic carbocycles. The van der Waals surface area contributed by atoms with Gasteiger partial charge in [-0.05, 0) is 36.9 Å². The first-order chi connectivity index (χ1) is 14.0. The molecule has 0 radical (unpaired) electrons. The van der Waals surface area contributed by atoms with Gasteiger partial charge in [0, 0.05) is 17.8 Å². The van der Waals surface area contributed by atoms with Crippen molar-refractivity contribution in [2.24, 2.45) is 0 Å². The van der Waals surface area contributed by atoms with Gasteiger partial charge in [-0.3, -0.25) is 14.2 Å². The molecule has 0 fully saturated rings. The molecule has 3 rings (SSSR count). The zero-order chi connectivity index (χ0) is 21.0. The Bertz CT molecular complexity index is 1080. The van der Waals surface area contributed by atoms with E-state index in [1.165, 1.54) is 23.1 Å². The number of thioether (sulfide) groups is 1. The lowest BCUT2D eigenvalue weighted by Crippen LogP contribution is -2.26. The molecule has 2 heterocycles. The number of rotatable bonds is 8. The fraction of sp³-hybridized carbons (Fsp3) is 0.350. The first-order valence-corrected chi connectivity index (χ1v) is 11.0. The molecule has 2 aromatic heterocycles. The minimum Gasteiger partial charge on any atom is -0.493 e. The fourth-order valence-electron chi connectivity index (χ4n) is 2.82. The molecule has 3 aromatic rings. The SMILES string of the molecule is CC[C@H](C)n1c(SCC(=O)Nc2ccc(OC)c(OC)c2)nc2ccsc2c1=O. The van der Waals surface area contributed by atoms with Crippen molar-refractivity contribution >= 4 is 44.9 Å². The van der Waals surface area contributed by atoms with Crippen LogP contribution < -0.4 is 20.3 Å². The lowest BCUT2D eigenvalue weighted by Gasteiger charge is -2.17. The molecule has 0 aliphatic rings. The highest BCUT2D eigenvalue weighted by molar-refractivity contribution is 7.99. The van der Waals surface area contributed by atoms with Crippen molar-refractivity contribution in [1.29, 1.82) is 0 Å². The molecule has 0 bridgehead atoms. The van der Waals surface area contributed by atoms with Crippen LogP contribution in [0.4, 0.5) is 5.69 Å². The molecule has 1 atom stereocenters. The molecule has 9 heteroatoms. The van der Waals surface area contributed by atoms with Crippen LogP contribution in [0.1, 0.15) is 26.3 Å². The highest BCUT2D eigenvalue weighted by Crippen LogP contribution is 2.30. The van der Waals surface area contributed by atoms with E-state index in [1.54, 1.807) is 37.0 Å². The first-order valence-electron chi connectivity index (χ1n) is 9.12. The molecule has 0 unspecified atom stereocenters. The summed E-state index contributed by atoms with van der Waals surface area (Å²) in [6.07, 6.45) is 0.796. The summed E-state index contributed by atoms with van der Waals surface area (Å²) >= 11 is 2.65. The van der Waals surface area contributed by atoms with Gasteiger partial charge in [-0.2, -0.15) is 0 Å². The van der Waals surface area contributed by atoms with Crippen LogP contribution in [0.5, 0.6) is 11.5 Å². The number of hydrogen-bond donors (Lipinski definition) is 1. The summed E-state index contributed by atoms with van der Waals surface area (Å²) < 4.78 is 12.8. The Morgan fingerprint density at radius 2 is 2.03 bits per heavy atom. The van der Waals surface area contributed by atoms with Crippen LogP contribution in [0.25, 0.3) is 10.2 Å². The van der Waals surface area contributed by atoms with Gasteiger partial charge in [-0.25, -0.2) is 4.98 Å². The van der Waals surface area contributed by atoms with E-state index in [0.29, 0.717) is 32.6 Å². The summed E-state index contributed by atoms with van der Waals surface area (Å²) in [6.45, 7) is 4.00. The van der Waals surface area contributed by atoms with Gasteiger partial charge in [-0.1, -0.05) is 18.7 Å². The van der Waals surface area contributed by atoms with Gasteiger partial charge in [0.15, 0.2) is 16.7 Å². The van der Waals surface area contributed by atoms with Crippen molar-refractivity contribution in [3.05, 3.63) is 40.0 Å². The van der Waals surface area contributed by atoms with Crippen molar-refractivity contribution in [3.63, 3.8) is 0 Å². The molecular weight excluding hydrogens is 410 g/mol.